The molecular weight excluding hydrogens is 304 g/mol. The summed E-state index contributed by atoms with van der Waals surface area (Å²) in [5.74, 6) is 1.28. The Labute approximate surface area is 142 Å². The number of para-hydroxylation sites is 2. The number of esters is 1. The fourth-order valence-electron chi connectivity index (χ4n) is 3.10. The van der Waals surface area contributed by atoms with Crippen LogP contribution >= 0.6 is 0 Å². The van der Waals surface area contributed by atoms with Crippen LogP contribution in [-0.4, -0.2) is 26.3 Å². The molecule has 0 spiro atoms. The van der Waals surface area contributed by atoms with Crippen LogP contribution in [0.2, 0.25) is 0 Å². The Kier molecular flexibility index (Phi) is 4.58. The largest absolute Gasteiger partial charge is 0.464 e. The van der Waals surface area contributed by atoms with E-state index in [4.69, 9.17) is 14.2 Å². The molecule has 0 radical (unpaired) electrons. The highest BCUT2D eigenvalue weighted by atomic mass is 16.5. The van der Waals surface area contributed by atoms with Crippen LogP contribution in [0, 0.1) is 5.92 Å². The Bertz CT molecular complexity index is 690. The third kappa shape index (κ3) is 2.67. The van der Waals surface area contributed by atoms with Crippen molar-refractivity contribution in [3.8, 4) is 11.5 Å². The normalized spacial score (nSPS) is 14.5. The molecule has 0 amide bonds. The van der Waals surface area contributed by atoms with Crippen molar-refractivity contribution in [3.05, 3.63) is 59.7 Å². The summed E-state index contributed by atoms with van der Waals surface area (Å²) in [7, 11) is 1.60. The summed E-state index contributed by atoms with van der Waals surface area (Å²) in [6, 6.07) is 15.1. The maximum atomic E-state index is 13.2. The SMILES string of the molecule is COCC1(C(=O)OCC(C)C)c2ccccc2Oc2ccccc21. The van der Waals surface area contributed by atoms with Gasteiger partial charge < -0.3 is 14.2 Å². The minimum Gasteiger partial charge on any atom is -0.464 e. The summed E-state index contributed by atoms with van der Waals surface area (Å²) < 4.78 is 17.1. The molecule has 126 valence electrons. The van der Waals surface area contributed by atoms with Crippen molar-refractivity contribution in [1.29, 1.82) is 0 Å². The first-order chi connectivity index (χ1) is 11.6. The van der Waals surface area contributed by atoms with Gasteiger partial charge in [-0.25, -0.2) is 0 Å². The molecule has 2 aromatic rings. The van der Waals surface area contributed by atoms with E-state index in [0.29, 0.717) is 18.1 Å². The van der Waals surface area contributed by atoms with Crippen LogP contribution in [0.5, 0.6) is 11.5 Å². The van der Waals surface area contributed by atoms with Crippen molar-refractivity contribution in [1.82, 2.24) is 0 Å². The van der Waals surface area contributed by atoms with Crippen LogP contribution in [0.3, 0.4) is 0 Å². The lowest BCUT2D eigenvalue weighted by Gasteiger charge is -2.37. The smallest absolute Gasteiger partial charge is 0.323 e. The first-order valence-corrected chi connectivity index (χ1v) is 8.12. The lowest BCUT2D eigenvalue weighted by atomic mass is 9.73. The average Bonchev–Trinajstić information content (AvgIpc) is 2.59. The molecule has 1 aliphatic heterocycles. The first kappa shape index (κ1) is 16.5. The first-order valence-electron chi connectivity index (χ1n) is 8.12. The van der Waals surface area contributed by atoms with Gasteiger partial charge in [0, 0.05) is 18.2 Å². The van der Waals surface area contributed by atoms with Crippen LogP contribution in [0.1, 0.15) is 25.0 Å². The van der Waals surface area contributed by atoms with E-state index in [9.17, 15) is 4.79 Å². The van der Waals surface area contributed by atoms with E-state index in [0.717, 1.165) is 11.1 Å². The van der Waals surface area contributed by atoms with E-state index >= 15 is 0 Å². The second-order valence-corrected chi connectivity index (χ2v) is 6.43. The van der Waals surface area contributed by atoms with E-state index in [2.05, 4.69) is 0 Å². The molecular formula is C20H22O4. The fraction of sp³-hybridized carbons (Fsp3) is 0.350. The van der Waals surface area contributed by atoms with Crippen LogP contribution in [0.4, 0.5) is 0 Å². The highest BCUT2D eigenvalue weighted by molar-refractivity contribution is 5.91. The molecule has 3 rings (SSSR count). The number of methoxy groups -OCH3 is 1. The van der Waals surface area contributed by atoms with E-state index in [1.54, 1.807) is 7.11 Å². The van der Waals surface area contributed by atoms with E-state index < -0.39 is 5.41 Å². The van der Waals surface area contributed by atoms with Gasteiger partial charge in [-0.3, -0.25) is 4.79 Å². The van der Waals surface area contributed by atoms with Crippen molar-refractivity contribution in [3.63, 3.8) is 0 Å². The van der Waals surface area contributed by atoms with Gasteiger partial charge >= 0.3 is 5.97 Å². The van der Waals surface area contributed by atoms with Crippen molar-refractivity contribution in [2.75, 3.05) is 20.3 Å². The molecule has 0 saturated carbocycles. The summed E-state index contributed by atoms with van der Waals surface area (Å²) in [5, 5.41) is 0. The zero-order valence-electron chi connectivity index (χ0n) is 14.2. The molecule has 24 heavy (non-hydrogen) atoms. The highest BCUT2D eigenvalue weighted by Crippen LogP contribution is 2.48. The van der Waals surface area contributed by atoms with Crippen molar-refractivity contribution < 1.29 is 19.0 Å². The van der Waals surface area contributed by atoms with Gasteiger partial charge in [-0.1, -0.05) is 50.2 Å². The number of fused-ring (bicyclic) bond motifs is 2. The second-order valence-electron chi connectivity index (χ2n) is 6.43. The summed E-state index contributed by atoms with van der Waals surface area (Å²) in [6.45, 7) is 4.60. The number of hydrogen-bond donors (Lipinski definition) is 0. The topological polar surface area (TPSA) is 44.8 Å². The van der Waals surface area contributed by atoms with Gasteiger partial charge in [-0.2, -0.15) is 0 Å². The van der Waals surface area contributed by atoms with Gasteiger partial charge in [0.25, 0.3) is 0 Å². The number of ether oxygens (including phenoxy) is 3. The summed E-state index contributed by atoms with van der Waals surface area (Å²) in [5.41, 5.74) is 0.535. The Balaban J connectivity index is 2.18. The van der Waals surface area contributed by atoms with Crippen molar-refractivity contribution in [2.45, 2.75) is 19.3 Å². The average molecular weight is 326 g/mol. The Morgan fingerprint density at radius 1 is 1.04 bits per heavy atom. The van der Waals surface area contributed by atoms with Gasteiger partial charge in [0.1, 0.15) is 16.9 Å². The van der Waals surface area contributed by atoms with Gasteiger partial charge in [0.2, 0.25) is 0 Å². The molecule has 0 aromatic heterocycles. The lowest BCUT2D eigenvalue weighted by molar-refractivity contribution is -0.152. The molecule has 1 heterocycles. The third-order valence-electron chi connectivity index (χ3n) is 4.17. The van der Waals surface area contributed by atoms with Gasteiger partial charge in [0.15, 0.2) is 0 Å². The predicted octanol–water partition coefficient (Wildman–Crippen LogP) is 3.92. The minimum absolute atomic E-state index is 0.196. The van der Waals surface area contributed by atoms with Gasteiger partial charge in [0.05, 0.1) is 13.2 Å². The molecule has 0 atom stereocenters. The summed E-state index contributed by atoms with van der Waals surface area (Å²) in [4.78, 5) is 13.2. The maximum absolute atomic E-state index is 13.2. The summed E-state index contributed by atoms with van der Waals surface area (Å²) in [6.07, 6.45) is 0. The Morgan fingerprint density at radius 3 is 2.08 bits per heavy atom. The van der Waals surface area contributed by atoms with E-state index in [1.807, 2.05) is 62.4 Å². The minimum atomic E-state index is -1.02. The standard InChI is InChI=1S/C20H22O4/c1-14(2)12-23-19(21)20(13-22-3)15-8-4-6-10-17(15)24-18-11-7-5-9-16(18)20/h4-11,14H,12-13H2,1-3H3. The monoisotopic (exact) mass is 326 g/mol. The highest BCUT2D eigenvalue weighted by Gasteiger charge is 2.50. The Morgan fingerprint density at radius 2 is 1.58 bits per heavy atom. The van der Waals surface area contributed by atoms with Crippen LogP contribution in [0.15, 0.2) is 48.5 Å². The Hall–Kier alpha value is -2.33. The van der Waals surface area contributed by atoms with Crippen LogP contribution in [-0.2, 0) is 19.7 Å². The number of carbonyl (C=O) groups is 1. The zero-order valence-corrected chi connectivity index (χ0v) is 14.2. The molecule has 0 saturated heterocycles. The summed E-state index contributed by atoms with van der Waals surface area (Å²) >= 11 is 0. The third-order valence-corrected chi connectivity index (χ3v) is 4.17. The molecule has 0 unspecified atom stereocenters. The second kappa shape index (κ2) is 6.65. The number of carbonyl (C=O) groups excluding carboxylic acids is 1. The van der Waals surface area contributed by atoms with Crippen LogP contribution in [0.25, 0.3) is 0 Å². The molecule has 0 aliphatic carbocycles. The lowest BCUT2D eigenvalue weighted by Crippen LogP contribution is -2.45. The molecule has 0 N–H and O–H groups in total. The quantitative estimate of drug-likeness (QED) is 0.781. The molecule has 1 aliphatic rings. The molecule has 4 heteroatoms. The van der Waals surface area contributed by atoms with Crippen molar-refractivity contribution in [2.24, 2.45) is 5.92 Å². The van der Waals surface area contributed by atoms with E-state index in [-0.39, 0.29) is 18.5 Å². The van der Waals surface area contributed by atoms with Gasteiger partial charge in [-0.15, -0.1) is 0 Å². The van der Waals surface area contributed by atoms with Crippen molar-refractivity contribution >= 4 is 5.97 Å². The maximum Gasteiger partial charge on any atom is 0.323 e. The molecule has 0 bridgehead atoms. The number of benzene rings is 2. The number of rotatable bonds is 5. The number of hydrogen-bond acceptors (Lipinski definition) is 4. The van der Waals surface area contributed by atoms with Crippen LogP contribution < -0.4 is 4.74 Å². The van der Waals surface area contributed by atoms with Gasteiger partial charge in [-0.05, 0) is 18.1 Å². The molecule has 2 aromatic carbocycles. The predicted molar refractivity (Wildman–Crippen MR) is 91.4 cm³/mol. The fourth-order valence-corrected chi connectivity index (χ4v) is 3.10. The van der Waals surface area contributed by atoms with E-state index in [1.165, 1.54) is 0 Å². The molecule has 4 nitrogen and oxygen atoms in total. The zero-order chi connectivity index (χ0) is 17.2. The molecule has 0 fully saturated rings.